The molecule has 0 spiro atoms. The van der Waals surface area contributed by atoms with Crippen LogP contribution in [0.15, 0.2) is 46.7 Å². The van der Waals surface area contributed by atoms with Gasteiger partial charge in [-0.25, -0.2) is 0 Å². The van der Waals surface area contributed by atoms with E-state index < -0.39 is 0 Å². The Bertz CT molecular complexity index is 267. The van der Waals surface area contributed by atoms with E-state index in [1.807, 2.05) is 19.1 Å². The smallest absolute Gasteiger partial charge is 0.0729 e. The molecule has 0 aromatic heterocycles. The highest BCUT2D eigenvalue weighted by molar-refractivity contribution is 6.22. The molecule has 0 amide bonds. The summed E-state index contributed by atoms with van der Waals surface area (Å²) in [5.41, 5.74) is 1.95. The lowest BCUT2D eigenvalue weighted by Crippen LogP contribution is -2.02. The second-order valence-corrected chi connectivity index (χ2v) is 2.03. The van der Waals surface area contributed by atoms with Crippen molar-refractivity contribution in [1.82, 2.24) is 0 Å². The molecule has 0 fully saturated rings. The van der Waals surface area contributed by atoms with Crippen molar-refractivity contribution >= 4 is 11.9 Å². The lowest BCUT2D eigenvalue weighted by molar-refractivity contribution is 1.50. The van der Waals surface area contributed by atoms with Gasteiger partial charge in [-0.2, -0.15) is 0 Å². The Kier molecular flexibility index (Phi) is 2.55. The van der Waals surface area contributed by atoms with E-state index in [0.29, 0.717) is 0 Å². The monoisotopic (exact) mass is 146 g/mol. The van der Waals surface area contributed by atoms with Gasteiger partial charge in [0.2, 0.25) is 0 Å². The number of aliphatic imine (C=N–C) groups is 2. The normalized spacial score (nSPS) is 23.0. The van der Waals surface area contributed by atoms with Gasteiger partial charge >= 0.3 is 0 Å². The molecule has 0 bridgehead atoms. The van der Waals surface area contributed by atoms with Crippen molar-refractivity contribution in [2.45, 2.75) is 6.92 Å². The zero-order valence-electron chi connectivity index (χ0n) is 6.49. The molecule has 0 unspecified atom stereocenters. The Morgan fingerprint density at radius 2 is 2.45 bits per heavy atom. The molecule has 0 radical (unpaired) electrons. The maximum Gasteiger partial charge on any atom is 0.0729 e. The Hall–Kier alpha value is -1.44. The Morgan fingerprint density at radius 3 is 3.09 bits per heavy atom. The van der Waals surface area contributed by atoms with Crippen LogP contribution in [0.25, 0.3) is 0 Å². The van der Waals surface area contributed by atoms with Crippen molar-refractivity contribution in [3.05, 3.63) is 36.7 Å². The predicted octanol–water partition coefficient (Wildman–Crippen LogP) is 2.12. The van der Waals surface area contributed by atoms with Crippen molar-refractivity contribution in [3.63, 3.8) is 0 Å². The molecule has 0 aromatic rings. The molecular weight excluding hydrogens is 136 g/mol. The van der Waals surface area contributed by atoms with Crippen molar-refractivity contribution < 1.29 is 0 Å². The Balaban J connectivity index is 2.97. The summed E-state index contributed by atoms with van der Waals surface area (Å²) in [6, 6.07) is 0. The third-order valence-corrected chi connectivity index (χ3v) is 1.37. The van der Waals surface area contributed by atoms with Crippen LogP contribution in [0.1, 0.15) is 6.92 Å². The van der Waals surface area contributed by atoms with Crippen LogP contribution in [0.3, 0.4) is 0 Å². The molecule has 0 aliphatic carbocycles. The highest BCUT2D eigenvalue weighted by Crippen LogP contribution is 2.03. The molecule has 1 aliphatic rings. The first kappa shape index (κ1) is 7.66. The molecule has 0 saturated carbocycles. The van der Waals surface area contributed by atoms with Gasteiger partial charge in [-0.05, 0) is 13.0 Å². The Morgan fingerprint density at radius 1 is 1.64 bits per heavy atom. The first-order chi connectivity index (χ1) is 5.38. The lowest BCUT2D eigenvalue weighted by atomic mass is 10.1. The summed E-state index contributed by atoms with van der Waals surface area (Å²) in [7, 11) is 0. The zero-order chi connectivity index (χ0) is 8.10. The zero-order valence-corrected chi connectivity index (χ0v) is 6.49. The molecule has 1 rings (SSSR count). The maximum atomic E-state index is 4.07. The van der Waals surface area contributed by atoms with Crippen LogP contribution in [0.5, 0.6) is 0 Å². The predicted molar refractivity (Wildman–Crippen MR) is 49.0 cm³/mol. The van der Waals surface area contributed by atoms with Crippen LogP contribution in [-0.2, 0) is 0 Å². The average molecular weight is 146 g/mol. The van der Waals surface area contributed by atoms with Crippen LogP contribution in [-0.4, -0.2) is 11.9 Å². The van der Waals surface area contributed by atoms with Gasteiger partial charge in [-0.1, -0.05) is 12.7 Å². The van der Waals surface area contributed by atoms with E-state index in [-0.39, 0.29) is 0 Å². The third-order valence-electron chi connectivity index (χ3n) is 1.37. The van der Waals surface area contributed by atoms with Crippen LogP contribution in [0.2, 0.25) is 0 Å². The SMILES string of the molecule is C=CN=C1C=CN=C/C1=C/C. The van der Waals surface area contributed by atoms with Crippen LogP contribution in [0.4, 0.5) is 0 Å². The molecule has 2 heteroatoms. The number of allylic oxidation sites excluding steroid dienone is 3. The fourth-order valence-electron chi connectivity index (χ4n) is 0.838. The second kappa shape index (κ2) is 3.66. The van der Waals surface area contributed by atoms with Gasteiger partial charge in [0.25, 0.3) is 0 Å². The highest BCUT2D eigenvalue weighted by atomic mass is 14.7. The van der Waals surface area contributed by atoms with Crippen molar-refractivity contribution in [3.8, 4) is 0 Å². The molecule has 1 heterocycles. The Labute approximate surface area is 66.4 Å². The van der Waals surface area contributed by atoms with Crippen LogP contribution >= 0.6 is 0 Å². The van der Waals surface area contributed by atoms with Crippen molar-refractivity contribution in [2.75, 3.05) is 0 Å². The minimum absolute atomic E-state index is 0.914. The second-order valence-electron chi connectivity index (χ2n) is 2.03. The van der Waals surface area contributed by atoms with E-state index in [2.05, 4.69) is 16.6 Å². The standard InChI is InChI=1S/C9H10N2/c1-3-8-7-10-6-5-9(8)11-4-2/h3-7H,2H2,1H3/b8-3-,11-9?. The molecule has 0 saturated heterocycles. The summed E-state index contributed by atoms with van der Waals surface area (Å²) in [5.74, 6) is 0. The molecule has 0 N–H and O–H groups in total. The van der Waals surface area contributed by atoms with Crippen LogP contribution in [0, 0.1) is 0 Å². The molecule has 1 aliphatic heterocycles. The van der Waals surface area contributed by atoms with E-state index in [0.717, 1.165) is 11.3 Å². The quantitative estimate of drug-likeness (QED) is 0.541. The first-order valence-corrected chi connectivity index (χ1v) is 3.43. The lowest BCUT2D eigenvalue weighted by Gasteiger charge is -2.02. The molecular formula is C9H10N2. The van der Waals surface area contributed by atoms with E-state index in [9.17, 15) is 0 Å². The number of hydrogen-bond acceptors (Lipinski definition) is 2. The molecule has 56 valence electrons. The fraction of sp³-hybridized carbons (Fsp3) is 0.111. The minimum Gasteiger partial charge on any atom is -0.264 e. The largest absolute Gasteiger partial charge is 0.264 e. The topological polar surface area (TPSA) is 24.7 Å². The van der Waals surface area contributed by atoms with E-state index >= 15 is 0 Å². The van der Waals surface area contributed by atoms with Gasteiger partial charge in [0, 0.05) is 24.2 Å². The van der Waals surface area contributed by atoms with Gasteiger partial charge in [0.1, 0.15) is 0 Å². The molecule has 11 heavy (non-hydrogen) atoms. The summed E-state index contributed by atoms with van der Waals surface area (Å²) < 4.78 is 0. The van der Waals surface area contributed by atoms with E-state index in [1.165, 1.54) is 6.20 Å². The third kappa shape index (κ3) is 1.74. The summed E-state index contributed by atoms with van der Waals surface area (Å²) >= 11 is 0. The summed E-state index contributed by atoms with van der Waals surface area (Å²) in [6.45, 7) is 5.49. The van der Waals surface area contributed by atoms with E-state index in [4.69, 9.17) is 0 Å². The minimum atomic E-state index is 0.914. The molecule has 0 aromatic carbocycles. The summed E-state index contributed by atoms with van der Waals surface area (Å²) in [5, 5.41) is 0. The van der Waals surface area contributed by atoms with Gasteiger partial charge in [-0.3, -0.25) is 9.98 Å². The van der Waals surface area contributed by atoms with Crippen LogP contribution < -0.4 is 0 Å². The fourth-order valence-corrected chi connectivity index (χ4v) is 0.838. The van der Waals surface area contributed by atoms with Crippen molar-refractivity contribution in [2.24, 2.45) is 9.98 Å². The van der Waals surface area contributed by atoms with Gasteiger partial charge in [0.05, 0.1) is 5.71 Å². The van der Waals surface area contributed by atoms with Gasteiger partial charge in [-0.15, -0.1) is 0 Å². The van der Waals surface area contributed by atoms with Gasteiger partial charge < -0.3 is 0 Å². The average Bonchev–Trinajstić information content (AvgIpc) is 2.06. The van der Waals surface area contributed by atoms with Gasteiger partial charge in [0.15, 0.2) is 0 Å². The molecule has 0 atom stereocenters. The summed E-state index contributed by atoms with van der Waals surface area (Å²) in [4.78, 5) is 8.04. The summed E-state index contributed by atoms with van der Waals surface area (Å²) in [6.07, 6.45) is 8.85. The number of hydrogen-bond donors (Lipinski definition) is 0. The number of nitrogens with zero attached hydrogens (tertiary/aromatic N) is 2. The number of rotatable bonds is 1. The first-order valence-electron chi connectivity index (χ1n) is 3.43. The maximum absolute atomic E-state index is 4.07. The highest BCUT2D eigenvalue weighted by Gasteiger charge is 2.00. The molecule has 2 nitrogen and oxygen atoms in total. The van der Waals surface area contributed by atoms with Crippen molar-refractivity contribution in [1.29, 1.82) is 0 Å². The van der Waals surface area contributed by atoms with E-state index in [1.54, 1.807) is 12.4 Å².